The van der Waals surface area contributed by atoms with E-state index in [9.17, 15) is 9.59 Å². The minimum atomic E-state index is -0.886. The zero-order valence-electron chi connectivity index (χ0n) is 16.0. The molecule has 0 bridgehead atoms. The summed E-state index contributed by atoms with van der Waals surface area (Å²) in [6, 6.07) is 12.5. The highest BCUT2D eigenvalue weighted by Gasteiger charge is 2.20. The van der Waals surface area contributed by atoms with Gasteiger partial charge in [-0.25, -0.2) is 4.79 Å². The van der Waals surface area contributed by atoms with Crippen molar-refractivity contribution in [1.82, 2.24) is 0 Å². The van der Waals surface area contributed by atoms with Crippen molar-refractivity contribution in [2.75, 3.05) is 13.7 Å². The minimum Gasteiger partial charge on any atom is -0.493 e. The van der Waals surface area contributed by atoms with Crippen molar-refractivity contribution in [2.24, 2.45) is 0 Å². The number of esters is 1. The van der Waals surface area contributed by atoms with Crippen molar-refractivity contribution in [3.05, 3.63) is 65.2 Å². The maximum absolute atomic E-state index is 12.3. The molecule has 0 fully saturated rings. The fraction of sp³-hybridized carbons (Fsp3) is 0.273. The van der Waals surface area contributed by atoms with E-state index in [0.29, 0.717) is 17.1 Å². The molecule has 5 nitrogen and oxygen atoms in total. The van der Waals surface area contributed by atoms with E-state index < -0.39 is 12.1 Å². The molecule has 0 saturated heterocycles. The Bertz CT molecular complexity index is 821. The monoisotopic (exact) mass is 368 g/mol. The average Bonchev–Trinajstić information content (AvgIpc) is 2.67. The van der Waals surface area contributed by atoms with Gasteiger partial charge in [0.05, 0.1) is 7.11 Å². The van der Waals surface area contributed by atoms with Gasteiger partial charge in [-0.2, -0.15) is 0 Å². The number of carbonyl (C=O) groups is 2. The van der Waals surface area contributed by atoms with Crippen molar-refractivity contribution in [3.8, 4) is 11.5 Å². The van der Waals surface area contributed by atoms with Crippen molar-refractivity contribution < 1.29 is 23.8 Å². The number of ketones is 1. The molecule has 0 amide bonds. The summed E-state index contributed by atoms with van der Waals surface area (Å²) >= 11 is 0. The van der Waals surface area contributed by atoms with Crippen LogP contribution in [0.25, 0.3) is 6.08 Å². The van der Waals surface area contributed by atoms with E-state index >= 15 is 0 Å². The number of ether oxygens (including phenoxy) is 3. The summed E-state index contributed by atoms with van der Waals surface area (Å²) in [7, 11) is 1.53. The van der Waals surface area contributed by atoms with E-state index in [-0.39, 0.29) is 12.4 Å². The first-order chi connectivity index (χ1) is 12.9. The molecule has 0 heterocycles. The lowest BCUT2D eigenvalue weighted by atomic mass is 10.1. The Morgan fingerprint density at radius 2 is 1.78 bits per heavy atom. The van der Waals surface area contributed by atoms with Gasteiger partial charge in [-0.15, -0.1) is 0 Å². The fourth-order valence-electron chi connectivity index (χ4n) is 2.47. The fourth-order valence-corrected chi connectivity index (χ4v) is 2.47. The largest absolute Gasteiger partial charge is 0.493 e. The Morgan fingerprint density at radius 1 is 1.07 bits per heavy atom. The van der Waals surface area contributed by atoms with Crippen LogP contribution < -0.4 is 9.47 Å². The van der Waals surface area contributed by atoms with Crippen LogP contribution in [0.2, 0.25) is 0 Å². The zero-order chi connectivity index (χ0) is 19.8. The third-order valence-corrected chi connectivity index (χ3v) is 3.91. The van der Waals surface area contributed by atoms with Gasteiger partial charge in [-0.1, -0.05) is 48.0 Å². The Labute approximate surface area is 159 Å². The molecule has 0 aromatic heterocycles. The normalized spacial score (nSPS) is 11.9. The zero-order valence-corrected chi connectivity index (χ0v) is 16.0. The van der Waals surface area contributed by atoms with Gasteiger partial charge in [0, 0.05) is 5.56 Å². The molecule has 0 saturated carbocycles. The molecule has 0 aliphatic rings. The van der Waals surface area contributed by atoms with Crippen LogP contribution in [0.5, 0.6) is 11.5 Å². The first-order valence-electron chi connectivity index (χ1n) is 8.68. The lowest BCUT2D eigenvalue weighted by molar-refractivity contribution is -0.148. The van der Waals surface area contributed by atoms with E-state index in [1.165, 1.54) is 7.11 Å². The van der Waals surface area contributed by atoms with Crippen LogP contribution in [-0.2, 0) is 9.53 Å². The number of aryl methyl sites for hydroxylation is 1. The van der Waals surface area contributed by atoms with Gasteiger partial charge in [0.25, 0.3) is 0 Å². The molecule has 2 aromatic rings. The van der Waals surface area contributed by atoms with E-state index in [1.54, 1.807) is 25.1 Å². The van der Waals surface area contributed by atoms with Crippen molar-refractivity contribution in [2.45, 2.75) is 26.9 Å². The summed E-state index contributed by atoms with van der Waals surface area (Å²) in [5.41, 5.74) is 2.52. The highest BCUT2D eigenvalue weighted by molar-refractivity contribution is 6.00. The average molecular weight is 368 g/mol. The van der Waals surface area contributed by atoms with Gasteiger partial charge in [0.2, 0.25) is 5.78 Å². The summed E-state index contributed by atoms with van der Waals surface area (Å²) < 4.78 is 16.0. The molecule has 0 aliphatic heterocycles. The first kappa shape index (κ1) is 20.2. The number of methoxy groups -OCH3 is 1. The van der Waals surface area contributed by atoms with Crippen LogP contribution in [0.1, 0.15) is 35.3 Å². The second kappa shape index (κ2) is 9.57. The molecule has 0 aliphatic carbocycles. The molecular weight excluding hydrogens is 344 g/mol. The molecule has 142 valence electrons. The predicted octanol–water partition coefficient (Wildman–Crippen LogP) is 4.23. The molecule has 1 atom stereocenters. The number of allylic oxidation sites excluding steroid dienone is 1. The number of rotatable bonds is 8. The molecule has 27 heavy (non-hydrogen) atoms. The van der Waals surface area contributed by atoms with E-state index in [2.05, 4.69) is 0 Å². The van der Waals surface area contributed by atoms with Crippen LogP contribution in [0.15, 0.2) is 48.5 Å². The van der Waals surface area contributed by atoms with Crippen LogP contribution in [-0.4, -0.2) is 31.6 Å². The highest BCUT2D eigenvalue weighted by Crippen LogP contribution is 2.28. The van der Waals surface area contributed by atoms with E-state index in [4.69, 9.17) is 14.2 Å². The Balaban J connectivity index is 1.93. The number of carbonyl (C=O) groups excluding carboxylic acids is 2. The summed E-state index contributed by atoms with van der Waals surface area (Å²) in [4.78, 5) is 24.4. The molecule has 2 rings (SSSR count). The maximum atomic E-state index is 12.3. The van der Waals surface area contributed by atoms with Crippen molar-refractivity contribution in [1.29, 1.82) is 0 Å². The molecule has 0 N–H and O–H groups in total. The summed E-state index contributed by atoms with van der Waals surface area (Å²) in [6.07, 6.45) is 2.96. The molecule has 5 heteroatoms. The molecule has 0 radical (unpaired) electrons. The number of hydrogen-bond acceptors (Lipinski definition) is 5. The molecule has 2 aromatic carbocycles. The third kappa shape index (κ3) is 5.71. The number of benzene rings is 2. The summed E-state index contributed by atoms with van der Waals surface area (Å²) in [5.74, 6) is 0.0709. The first-order valence-corrected chi connectivity index (χ1v) is 8.68. The second-order valence-corrected chi connectivity index (χ2v) is 6.06. The van der Waals surface area contributed by atoms with Gasteiger partial charge >= 0.3 is 5.97 Å². The van der Waals surface area contributed by atoms with Crippen molar-refractivity contribution >= 4 is 17.8 Å². The quantitative estimate of drug-likeness (QED) is 0.515. The molecule has 0 unspecified atom stereocenters. The second-order valence-electron chi connectivity index (χ2n) is 6.06. The van der Waals surface area contributed by atoms with E-state index in [0.717, 1.165) is 11.1 Å². The van der Waals surface area contributed by atoms with Gasteiger partial charge in [-0.05, 0) is 38.5 Å². The predicted molar refractivity (Wildman–Crippen MR) is 104 cm³/mol. The Morgan fingerprint density at radius 3 is 2.41 bits per heavy atom. The molecular formula is C22H24O5. The summed E-state index contributed by atoms with van der Waals surface area (Å²) in [5, 5.41) is 0. The SMILES string of the molecule is C/C=C/c1ccc(OCC(=O)O[C@H](C)C(=O)c2ccc(C)cc2)c(OC)c1. The highest BCUT2D eigenvalue weighted by atomic mass is 16.6. The standard InChI is InChI=1S/C22H24O5/c1-5-6-17-9-12-19(20(13-17)25-4)26-14-21(23)27-16(3)22(24)18-10-7-15(2)8-11-18/h5-13,16H,14H2,1-4H3/b6-5+/t16-/m1/s1. The van der Waals surface area contributed by atoms with Crippen LogP contribution in [0.3, 0.4) is 0 Å². The van der Waals surface area contributed by atoms with Gasteiger partial charge in [-0.3, -0.25) is 4.79 Å². The van der Waals surface area contributed by atoms with Crippen molar-refractivity contribution in [3.63, 3.8) is 0 Å². The lowest BCUT2D eigenvalue weighted by Gasteiger charge is -2.14. The van der Waals surface area contributed by atoms with Crippen LogP contribution in [0.4, 0.5) is 0 Å². The van der Waals surface area contributed by atoms with Gasteiger partial charge < -0.3 is 14.2 Å². The third-order valence-electron chi connectivity index (χ3n) is 3.91. The topological polar surface area (TPSA) is 61.8 Å². The van der Waals surface area contributed by atoms with Crippen LogP contribution >= 0.6 is 0 Å². The number of Topliss-reactive ketones (excluding diaryl/α,β-unsaturated/α-hetero) is 1. The van der Waals surface area contributed by atoms with Gasteiger partial charge in [0.1, 0.15) is 0 Å². The Hall–Kier alpha value is -3.08. The minimum absolute atomic E-state index is 0.253. The lowest BCUT2D eigenvalue weighted by Crippen LogP contribution is -2.27. The summed E-state index contributed by atoms with van der Waals surface area (Å²) in [6.45, 7) is 5.09. The smallest absolute Gasteiger partial charge is 0.344 e. The Kier molecular flexibility index (Phi) is 7.17. The van der Waals surface area contributed by atoms with E-state index in [1.807, 2.05) is 50.3 Å². The molecule has 0 spiro atoms. The van der Waals surface area contributed by atoms with Gasteiger partial charge in [0.15, 0.2) is 24.2 Å². The number of hydrogen-bond donors (Lipinski definition) is 0. The van der Waals surface area contributed by atoms with Crippen LogP contribution in [0, 0.1) is 6.92 Å². The maximum Gasteiger partial charge on any atom is 0.344 e.